The number of anilines is 2. The monoisotopic (exact) mass is 650 g/mol. The van der Waals surface area contributed by atoms with Crippen molar-refractivity contribution < 1.29 is 40.3 Å². The Bertz CT molecular complexity index is 1670. The van der Waals surface area contributed by atoms with Crippen molar-refractivity contribution in [3.05, 3.63) is 76.7 Å². The number of fused-ring (bicyclic) bond motifs is 1. The fourth-order valence-electron chi connectivity index (χ4n) is 6.42. The molecule has 0 bridgehead atoms. The molecule has 2 saturated heterocycles. The molecule has 3 aromatic rings. The summed E-state index contributed by atoms with van der Waals surface area (Å²) < 4.78 is 96.0. The summed E-state index contributed by atoms with van der Waals surface area (Å²) in [6.07, 6.45) is -7.28. The van der Waals surface area contributed by atoms with Gasteiger partial charge in [-0.15, -0.1) is 0 Å². The highest BCUT2D eigenvalue weighted by molar-refractivity contribution is 6.05. The Morgan fingerprint density at radius 1 is 0.891 bits per heavy atom. The predicted molar refractivity (Wildman–Crippen MR) is 159 cm³/mol. The summed E-state index contributed by atoms with van der Waals surface area (Å²) in [5.41, 5.74) is -4.58. The van der Waals surface area contributed by atoms with Gasteiger partial charge < -0.3 is 4.90 Å². The highest BCUT2D eigenvalue weighted by Crippen LogP contribution is 2.42. The van der Waals surface area contributed by atoms with E-state index in [9.17, 15) is 40.3 Å². The number of likely N-dealkylation sites (N-methyl/N-ethyl adjacent to an activating group) is 1. The Kier molecular flexibility index (Phi) is 8.24. The first-order valence-electron chi connectivity index (χ1n) is 14.7. The van der Waals surface area contributed by atoms with Gasteiger partial charge in [-0.25, -0.2) is 9.37 Å². The number of aryl methyl sites for hydroxylation is 1. The molecule has 46 heavy (non-hydrogen) atoms. The largest absolute Gasteiger partial charge is 0.416 e. The van der Waals surface area contributed by atoms with Gasteiger partial charge in [0.15, 0.2) is 0 Å². The minimum Gasteiger partial charge on any atom is -0.313 e. The zero-order chi connectivity index (χ0) is 34.0. The summed E-state index contributed by atoms with van der Waals surface area (Å²) in [5, 5.41) is 0. The SMILES string of the molecule is Cc1cc(F)ccc1-c1cc(N2CCN3CCC[C@@]3(C)C2=O)ncc1N(C)C(=O)C(C)(C)c1cc(C(F)(F)F)cc(C(F)(F)F)c1. The molecule has 1 atom stereocenters. The maximum Gasteiger partial charge on any atom is 0.416 e. The Hall–Kier alpha value is -4.00. The van der Waals surface area contributed by atoms with Gasteiger partial charge in [-0.1, -0.05) is 6.07 Å². The lowest BCUT2D eigenvalue weighted by atomic mass is 9.81. The van der Waals surface area contributed by atoms with Crippen LogP contribution in [0.15, 0.2) is 48.7 Å². The van der Waals surface area contributed by atoms with Crippen molar-refractivity contribution in [2.75, 3.05) is 36.5 Å². The van der Waals surface area contributed by atoms with Crippen molar-refractivity contribution in [3.8, 4) is 11.1 Å². The van der Waals surface area contributed by atoms with Crippen LogP contribution in [0.4, 0.5) is 42.2 Å². The third-order valence-electron chi connectivity index (χ3n) is 9.22. The van der Waals surface area contributed by atoms with E-state index in [0.29, 0.717) is 54.2 Å². The molecule has 2 aromatic carbocycles. The number of nitrogens with zero attached hydrogens (tertiary/aromatic N) is 4. The minimum atomic E-state index is -5.09. The third kappa shape index (κ3) is 5.85. The Morgan fingerprint density at radius 3 is 2.09 bits per heavy atom. The van der Waals surface area contributed by atoms with E-state index in [2.05, 4.69) is 9.88 Å². The number of pyridine rings is 1. The van der Waals surface area contributed by atoms with Crippen LogP contribution in [-0.2, 0) is 27.4 Å². The van der Waals surface area contributed by atoms with Gasteiger partial charge in [0.2, 0.25) is 11.8 Å². The molecule has 13 heteroatoms. The van der Waals surface area contributed by atoms with Crippen molar-refractivity contribution in [1.29, 1.82) is 0 Å². The lowest BCUT2D eigenvalue weighted by Crippen LogP contribution is -2.62. The molecule has 0 radical (unpaired) electrons. The number of halogens is 7. The summed E-state index contributed by atoms with van der Waals surface area (Å²) in [6.45, 7) is 7.82. The molecule has 5 rings (SSSR count). The molecule has 2 fully saturated rings. The normalized spacial score (nSPS) is 19.4. The number of piperazine rings is 1. The molecule has 2 amide bonds. The molecule has 246 valence electrons. The Balaban J connectivity index is 1.60. The molecular weight excluding hydrogens is 617 g/mol. The molecule has 0 aliphatic carbocycles. The maximum absolute atomic E-state index is 14.1. The first kappa shape index (κ1) is 33.4. The van der Waals surface area contributed by atoms with Gasteiger partial charge in [-0.3, -0.25) is 19.4 Å². The second-order valence-corrected chi connectivity index (χ2v) is 12.6. The summed E-state index contributed by atoms with van der Waals surface area (Å²) in [7, 11) is 1.34. The highest BCUT2D eigenvalue weighted by atomic mass is 19.4. The van der Waals surface area contributed by atoms with Crippen molar-refractivity contribution >= 4 is 23.3 Å². The van der Waals surface area contributed by atoms with Crippen molar-refractivity contribution in [2.24, 2.45) is 0 Å². The molecule has 0 saturated carbocycles. The van der Waals surface area contributed by atoms with Crippen LogP contribution < -0.4 is 9.80 Å². The van der Waals surface area contributed by atoms with E-state index < -0.39 is 51.7 Å². The molecule has 3 heterocycles. The van der Waals surface area contributed by atoms with Gasteiger partial charge in [-0.2, -0.15) is 26.3 Å². The zero-order valence-corrected chi connectivity index (χ0v) is 25.9. The molecule has 1 aromatic heterocycles. The van der Waals surface area contributed by atoms with Crippen LogP contribution in [0.1, 0.15) is 55.9 Å². The Morgan fingerprint density at radius 2 is 1.50 bits per heavy atom. The number of hydrogen-bond acceptors (Lipinski definition) is 4. The van der Waals surface area contributed by atoms with Crippen LogP contribution in [-0.4, -0.2) is 53.9 Å². The molecular formula is C33H33F7N4O2. The first-order chi connectivity index (χ1) is 21.2. The number of benzene rings is 2. The zero-order valence-electron chi connectivity index (χ0n) is 25.9. The fraction of sp³-hybridized carbons (Fsp3) is 0.424. The second kappa shape index (κ2) is 11.4. The van der Waals surface area contributed by atoms with E-state index in [1.807, 2.05) is 6.92 Å². The molecule has 2 aliphatic heterocycles. The average Bonchev–Trinajstić information content (AvgIpc) is 3.37. The second-order valence-electron chi connectivity index (χ2n) is 12.6. The molecule has 0 spiro atoms. The number of alkyl halides is 6. The molecule has 2 aliphatic rings. The average molecular weight is 651 g/mol. The van der Waals surface area contributed by atoms with Crippen LogP contribution in [0.3, 0.4) is 0 Å². The van der Waals surface area contributed by atoms with Crippen molar-refractivity contribution in [3.63, 3.8) is 0 Å². The highest BCUT2D eigenvalue weighted by Gasteiger charge is 2.49. The molecule has 0 N–H and O–H groups in total. The number of hydrogen-bond donors (Lipinski definition) is 0. The van der Waals surface area contributed by atoms with Crippen LogP contribution in [0.5, 0.6) is 0 Å². The molecule has 6 nitrogen and oxygen atoms in total. The van der Waals surface area contributed by atoms with E-state index in [1.165, 1.54) is 45.3 Å². The van der Waals surface area contributed by atoms with E-state index >= 15 is 0 Å². The summed E-state index contributed by atoms with van der Waals surface area (Å²) in [4.78, 5) is 37.0. The maximum atomic E-state index is 14.1. The van der Waals surface area contributed by atoms with Gasteiger partial charge >= 0.3 is 12.4 Å². The number of aromatic nitrogens is 1. The van der Waals surface area contributed by atoms with Crippen LogP contribution in [0, 0.1) is 12.7 Å². The number of carbonyl (C=O) groups is 2. The van der Waals surface area contributed by atoms with E-state index in [-0.39, 0.29) is 17.7 Å². The lowest BCUT2D eigenvalue weighted by Gasteiger charge is -2.43. The summed E-state index contributed by atoms with van der Waals surface area (Å²) >= 11 is 0. The van der Waals surface area contributed by atoms with Crippen LogP contribution in [0.25, 0.3) is 11.1 Å². The van der Waals surface area contributed by atoms with Crippen molar-refractivity contribution in [2.45, 2.75) is 63.8 Å². The van der Waals surface area contributed by atoms with Gasteiger partial charge in [0.25, 0.3) is 0 Å². The topological polar surface area (TPSA) is 56.8 Å². The van der Waals surface area contributed by atoms with Gasteiger partial charge in [0.1, 0.15) is 11.6 Å². The van der Waals surface area contributed by atoms with Gasteiger partial charge in [0, 0.05) is 25.7 Å². The predicted octanol–water partition coefficient (Wildman–Crippen LogP) is 7.38. The van der Waals surface area contributed by atoms with E-state index in [1.54, 1.807) is 17.9 Å². The number of rotatable bonds is 5. The van der Waals surface area contributed by atoms with Crippen LogP contribution in [0.2, 0.25) is 0 Å². The van der Waals surface area contributed by atoms with Gasteiger partial charge in [0.05, 0.1) is 34.0 Å². The van der Waals surface area contributed by atoms with Crippen LogP contribution >= 0.6 is 0 Å². The fourth-order valence-corrected chi connectivity index (χ4v) is 6.42. The number of carbonyl (C=O) groups excluding carboxylic acids is 2. The van der Waals surface area contributed by atoms with E-state index in [0.717, 1.165) is 17.9 Å². The van der Waals surface area contributed by atoms with E-state index in [4.69, 9.17) is 0 Å². The lowest BCUT2D eigenvalue weighted by molar-refractivity contribution is -0.143. The smallest absolute Gasteiger partial charge is 0.313 e. The number of amides is 2. The third-order valence-corrected chi connectivity index (χ3v) is 9.22. The first-order valence-corrected chi connectivity index (χ1v) is 14.7. The quantitative estimate of drug-likeness (QED) is 0.271. The summed E-state index contributed by atoms with van der Waals surface area (Å²) in [6, 6.07) is 6.71. The molecule has 0 unspecified atom stereocenters. The Labute approximate surface area is 261 Å². The van der Waals surface area contributed by atoms with Crippen molar-refractivity contribution in [1.82, 2.24) is 9.88 Å². The summed E-state index contributed by atoms with van der Waals surface area (Å²) in [5.74, 6) is -1.16. The minimum absolute atomic E-state index is 0.0128. The van der Waals surface area contributed by atoms with Gasteiger partial charge in [-0.05, 0) is 100 Å². The standard InChI is InChI=1S/C33H33F7N4O2/c1-19-13-23(34)7-8-24(19)25-17-27(44-12-11-43-10-6-9-31(43,4)29(44)46)41-18-26(25)42(5)28(45)30(2,3)20-14-21(32(35,36)37)16-22(15-20)33(38,39)40/h7-8,13-18H,6,9-12H2,1-5H3/t31-/m0/s1.